The van der Waals surface area contributed by atoms with Crippen molar-refractivity contribution in [3.63, 3.8) is 0 Å². The van der Waals surface area contributed by atoms with Crippen molar-refractivity contribution in [1.82, 2.24) is 9.36 Å². The lowest BCUT2D eigenvalue weighted by atomic mass is 10.3. The van der Waals surface area contributed by atoms with E-state index in [1.165, 1.54) is 11.5 Å². The van der Waals surface area contributed by atoms with Gasteiger partial charge in [0.05, 0.1) is 5.84 Å². The molecule has 0 unspecified atom stereocenters. The minimum absolute atomic E-state index is 0.219. The van der Waals surface area contributed by atoms with E-state index in [-0.39, 0.29) is 5.84 Å². The first-order valence-electron chi connectivity index (χ1n) is 5.57. The highest BCUT2D eigenvalue weighted by atomic mass is 32.1. The van der Waals surface area contributed by atoms with Crippen molar-refractivity contribution in [2.24, 2.45) is 5.73 Å². The normalized spacial score (nSPS) is 10.4. The summed E-state index contributed by atoms with van der Waals surface area (Å²) in [5.41, 5.74) is 5.35. The molecule has 1 aromatic rings. The zero-order valence-corrected chi connectivity index (χ0v) is 10.7. The summed E-state index contributed by atoms with van der Waals surface area (Å²) in [6, 6.07) is 0. The first-order chi connectivity index (χ1) is 7.67. The van der Waals surface area contributed by atoms with Gasteiger partial charge in [0.1, 0.15) is 5.82 Å². The molecule has 90 valence electrons. The molecule has 0 saturated heterocycles. The van der Waals surface area contributed by atoms with Gasteiger partial charge in [0.15, 0.2) is 0 Å². The fourth-order valence-corrected chi connectivity index (χ4v) is 2.14. The van der Waals surface area contributed by atoms with E-state index in [0.29, 0.717) is 6.42 Å². The second-order valence-electron chi connectivity index (χ2n) is 3.60. The molecule has 0 aliphatic rings. The predicted octanol–water partition coefficient (Wildman–Crippen LogP) is 1.64. The van der Waals surface area contributed by atoms with Gasteiger partial charge >= 0.3 is 0 Å². The summed E-state index contributed by atoms with van der Waals surface area (Å²) in [4.78, 5) is 6.58. The van der Waals surface area contributed by atoms with Gasteiger partial charge in [-0.1, -0.05) is 6.92 Å². The molecule has 0 aliphatic carbocycles. The topological polar surface area (TPSA) is 78.9 Å². The standard InChI is InChI=1S/C10H19N5S/c1-3-5-9-13-10(16-14-9)15(4-2)7-6-8(11)12/h3-7H2,1-2H3,(H3,11,12). The van der Waals surface area contributed by atoms with Gasteiger partial charge < -0.3 is 10.6 Å². The van der Waals surface area contributed by atoms with Crippen LogP contribution < -0.4 is 10.6 Å². The van der Waals surface area contributed by atoms with Crippen LogP contribution in [0.25, 0.3) is 0 Å². The first kappa shape index (κ1) is 12.9. The van der Waals surface area contributed by atoms with Crippen molar-refractivity contribution in [2.75, 3.05) is 18.0 Å². The number of nitrogens with zero attached hydrogens (tertiary/aromatic N) is 3. The first-order valence-corrected chi connectivity index (χ1v) is 6.35. The van der Waals surface area contributed by atoms with Crippen LogP contribution in [0.3, 0.4) is 0 Å². The van der Waals surface area contributed by atoms with E-state index in [4.69, 9.17) is 11.1 Å². The van der Waals surface area contributed by atoms with Crippen LogP contribution in [0.1, 0.15) is 32.5 Å². The van der Waals surface area contributed by atoms with Gasteiger partial charge in [-0.15, -0.1) is 0 Å². The number of aryl methyl sites for hydroxylation is 1. The van der Waals surface area contributed by atoms with Crippen molar-refractivity contribution in [3.05, 3.63) is 5.82 Å². The average Bonchev–Trinajstić information content (AvgIpc) is 2.68. The highest BCUT2D eigenvalue weighted by molar-refractivity contribution is 7.09. The molecule has 1 aromatic heterocycles. The third-order valence-corrected chi connectivity index (χ3v) is 3.05. The van der Waals surface area contributed by atoms with Crippen molar-refractivity contribution in [1.29, 1.82) is 5.41 Å². The van der Waals surface area contributed by atoms with Crippen molar-refractivity contribution < 1.29 is 0 Å². The van der Waals surface area contributed by atoms with Gasteiger partial charge in [-0.05, 0) is 13.3 Å². The van der Waals surface area contributed by atoms with Crippen LogP contribution in [0, 0.1) is 5.41 Å². The Bertz CT molecular complexity index is 336. The monoisotopic (exact) mass is 241 g/mol. The molecule has 1 rings (SSSR count). The van der Waals surface area contributed by atoms with E-state index in [1.807, 2.05) is 0 Å². The number of hydrogen-bond donors (Lipinski definition) is 2. The van der Waals surface area contributed by atoms with E-state index >= 15 is 0 Å². The average molecular weight is 241 g/mol. The van der Waals surface area contributed by atoms with Crippen molar-refractivity contribution in [2.45, 2.75) is 33.1 Å². The van der Waals surface area contributed by atoms with E-state index in [9.17, 15) is 0 Å². The lowest BCUT2D eigenvalue weighted by Crippen LogP contribution is -2.27. The van der Waals surface area contributed by atoms with Crippen molar-refractivity contribution >= 4 is 22.5 Å². The van der Waals surface area contributed by atoms with Crippen LogP contribution in [-0.2, 0) is 6.42 Å². The molecular formula is C10H19N5S. The number of nitrogens with one attached hydrogen (secondary N) is 1. The largest absolute Gasteiger partial charge is 0.388 e. The minimum atomic E-state index is 0.219. The number of rotatable bonds is 7. The summed E-state index contributed by atoms with van der Waals surface area (Å²) in [5, 5.41) is 8.15. The van der Waals surface area contributed by atoms with Crippen molar-refractivity contribution in [3.8, 4) is 0 Å². The molecule has 0 saturated carbocycles. The molecule has 0 aliphatic heterocycles. The lowest BCUT2D eigenvalue weighted by molar-refractivity contribution is 0.810. The van der Waals surface area contributed by atoms with Gasteiger partial charge in [-0.3, -0.25) is 5.41 Å². The van der Waals surface area contributed by atoms with E-state index in [2.05, 4.69) is 28.1 Å². The predicted molar refractivity (Wildman–Crippen MR) is 68.3 cm³/mol. The fraction of sp³-hybridized carbons (Fsp3) is 0.700. The summed E-state index contributed by atoms with van der Waals surface area (Å²) < 4.78 is 4.31. The molecule has 6 heteroatoms. The minimum Gasteiger partial charge on any atom is -0.388 e. The Balaban J connectivity index is 2.59. The third-order valence-electron chi connectivity index (χ3n) is 2.23. The Morgan fingerprint density at radius 3 is 2.81 bits per heavy atom. The maximum Gasteiger partial charge on any atom is 0.205 e. The zero-order valence-electron chi connectivity index (χ0n) is 9.86. The van der Waals surface area contributed by atoms with Crippen LogP contribution in [0.2, 0.25) is 0 Å². The molecule has 16 heavy (non-hydrogen) atoms. The number of hydrogen-bond acceptors (Lipinski definition) is 5. The lowest BCUT2D eigenvalue weighted by Gasteiger charge is -2.18. The second-order valence-corrected chi connectivity index (χ2v) is 4.33. The summed E-state index contributed by atoms with van der Waals surface area (Å²) in [6.45, 7) is 5.80. The molecule has 0 aromatic carbocycles. The van der Waals surface area contributed by atoms with Gasteiger partial charge in [0.25, 0.3) is 0 Å². The van der Waals surface area contributed by atoms with Crippen LogP contribution in [0.5, 0.6) is 0 Å². The Morgan fingerprint density at radius 2 is 2.25 bits per heavy atom. The fourth-order valence-electron chi connectivity index (χ4n) is 1.34. The van der Waals surface area contributed by atoms with Gasteiger partial charge in [0, 0.05) is 37.5 Å². The highest BCUT2D eigenvalue weighted by Gasteiger charge is 2.10. The number of aromatic nitrogens is 2. The van der Waals surface area contributed by atoms with E-state index < -0.39 is 0 Å². The van der Waals surface area contributed by atoms with Crippen LogP contribution >= 0.6 is 11.5 Å². The van der Waals surface area contributed by atoms with Crippen LogP contribution in [-0.4, -0.2) is 28.3 Å². The summed E-state index contributed by atoms with van der Waals surface area (Å²) in [5.74, 6) is 1.14. The van der Waals surface area contributed by atoms with Crippen LogP contribution in [0.15, 0.2) is 0 Å². The third kappa shape index (κ3) is 3.77. The number of amidine groups is 1. The van der Waals surface area contributed by atoms with Crippen LogP contribution in [0.4, 0.5) is 5.13 Å². The highest BCUT2D eigenvalue weighted by Crippen LogP contribution is 2.17. The van der Waals surface area contributed by atoms with Gasteiger partial charge in [0.2, 0.25) is 5.13 Å². The summed E-state index contributed by atoms with van der Waals surface area (Å²) in [6.07, 6.45) is 2.58. The molecular weight excluding hydrogens is 222 g/mol. The molecule has 0 fully saturated rings. The molecule has 0 amide bonds. The quantitative estimate of drug-likeness (QED) is 0.562. The number of anilines is 1. The van der Waals surface area contributed by atoms with E-state index in [1.54, 1.807) is 0 Å². The zero-order chi connectivity index (χ0) is 12.0. The van der Waals surface area contributed by atoms with Gasteiger partial charge in [-0.2, -0.15) is 4.37 Å². The molecule has 0 atom stereocenters. The molecule has 0 bridgehead atoms. The molecule has 5 nitrogen and oxygen atoms in total. The second kappa shape index (κ2) is 6.42. The molecule has 0 radical (unpaired) electrons. The molecule has 3 N–H and O–H groups in total. The van der Waals surface area contributed by atoms with Gasteiger partial charge in [-0.25, -0.2) is 4.98 Å². The Labute approximate surface area is 100 Å². The maximum absolute atomic E-state index is 7.21. The Kier molecular flexibility index (Phi) is 5.18. The molecule has 1 heterocycles. The number of nitrogens with two attached hydrogens (primary N) is 1. The Hall–Kier alpha value is -1.17. The maximum atomic E-state index is 7.21. The summed E-state index contributed by atoms with van der Waals surface area (Å²) in [7, 11) is 0. The SMILES string of the molecule is CCCc1nsc(N(CC)CCC(=N)N)n1. The smallest absolute Gasteiger partial charge is 0.205 e. The Morgan fingerprint density at radius 1 is 1.50 bits per heavy atom. The van der Waals surface area contributed by atoms with E-state index in [0.717, 1.165) is 36.9 Å². The molecule has 0 spiro atoms. The summed E-state index contributed by atoms with van der Waals surface area (Å²) >= 11 is 1.43.